The second-order valence-corrected chi connectivity index (χ2v) is 4.20. The maximum Gasteiger partial charge on any atom is 0.335 e. The molecule has 1 aromatic heterocycles. The number of nitrogens with zero attached hydrogens (tertiary/aromatic N) is 2. The number of carbonyl (C=O) groups is 1. The third-order valence-electron chi connectivity index (χ3n) is 2.74. The average molecular weight is 245 g/mol. The summed E-state index contributed by atoms with van der Waals surface area (Å²) in [5.41, 5.74) is 2.26. The highest BCUT2D eigenvalue weighted by atomic mass is 16.4. The van der Waals surface area contributed by atoms with E-state index in [-0.39, 0.29) is 11.6 Å². The van der Waals surface area contributed by atoms with Crippen LogP contribution in [0.3, 0.4) is 0 Å². The second-order valence-electron chi connectivity index (χ2n) is 4.20. The summed E-state index contributed by atoms with van der Waals surface area (Å²) in [5, 5.41) is 16.2. The molecule has 1 aromatic carbocycles. The Kier molecular flexibility index (Phi) is 3.32. The Labute approximate surface area is 105 Å². The summed E-state index contributed by atoms with van der Waals surface area (Å²) >= 11 is 0. The number of aromatic carboxylic acids is 1. The van der Waals surface area contributed by atoms with Gasteiger partial charge < -0.3 is 10.4 Å². The predicted molar refractivity (Wildman–Crippen MR) is 68.6 cm³/mol. The molecule has 2 aromatic rings. The molecule has 94 valence electrons. The van der Waals surface area contributed by atoms with Crippen LogP contribution in [0.1, 0.15) is 28.9 Å². The van der Waals surface area contributed by atoms with Gasteiger partial charge in [-0.05, 0) is 31.2 Å². The molecule has 0 aliphatic carbocycles. The molecular formula is C13H15N3O2. The van der Waals surface area contributed by atoms with E-state index in [4.69, 9.17) is 5.11 Å². The van der Waals surface area contributed by atoms with Gasteiger partial charge in [0.25, 0.3) is 0 Å². The molecule has 18 heavy (non-hydrogen) atoms. The lowest BCUT2D eigenvalue weighted by atomic mass is 10.1. The number of carboxylic acids is 1. The Hall–Kier alpha value is -2.30. The minimum atomic E-state index is -0.915. The van der Waals surface area contributed by atoms with E-state index in [1.165, 1.54) is 0 Å². The van der Waals surface area contributed by atoms with Gasteiger partial charge in [-0.3, -0.25) is 4.68 Å². The van der Waals surface area contributed by atoms with Crippen molar-refractivity contribution in [3.05, 3.63) is 47.8 Å². The molecule has 0 spiro atoms. The SMILES string of the molecule is CC(Nc1ccc(C(=O)O)cc1)c1cnn(C)c1. The summed E-state index contributed by atoms with van der Waals surface area (Å²) in [6, 6.07) is 6.81. The van der Waals surface area contributed by atoms with Crippen molar-refractivity contribution in [3.8, 4) is 0 Å². The van der Waals surface area contributed by atoms with Crippen LogP contribution in [0.5, 0.6) is 0 Å². The fourth-order valence-electron chi connectivity index (χ4n) is 1.71. The molecule has 0 amide bonds. The van der Waals surface area contributed by atoms with Crippen LogP contribution in [-0.4, -0.2) is 20.9 Å². The average Bonchev–Trinajstić information content (AvgIpc) is 2.76. The lowest BCUT2D eigenvalue weighted by Gasteiger charge is -2.13. The van der Waals surface area contributed by atoms with Crippen LogP contribution in [0, 0.1) is 0 Å². The highest BCUT2D eigenvalue weighted by molar-refractivity contribution is 5.88. The van der Waals surface area contributed by atoms with Crippen molar-refractivity contribution in [2.75, 3.05) is 5.32 Å². The van der Waals surface area contributed by atoms with E-state index in [1.807, 2.05) is 26.4 Å². The van der Waals surface area contributed by atoms with E-state index in [0.717, 1.165) is 11.3 Å². The van der Waals surface area contributed by atoms with Crippen LogP contribution in [0.2, 0.25) is 0 Å². The fourth-order valence-corrected chi connectivity index (χ4v) is 1.71. The molecule has 2 N–H and O–H groups in total. The van der Waals surface area contributed by atoms with E-state index < -0.39 is 5.97 Å². The van der Waals surface area contributed by atoms with Gasteiger partial charge in [-0.2, -0.15) is 5.10 Å². The zero-order chi connectivity index (χ0) is 13.1. The molecule has 1 unspecified atom stereocenters. The van der Waals surface area contributed by atoms with E-state index in [0.29, 0.717) is 0 Å². The first-order valence-corrected chi connectivity index (χ1v) is 5.64. The number of nitrogens with one attached hydrogen (secondary N) is 1. The second kappa shape index (κ2) is 4.91. The Morgan fingerprint density at radius 2 is 2.06 bits per heavy atom. The summed E-state index contributed by atoms with van der Waals surface area (Å²) in [6.45, 7) is 2.03. The van der Waals surface area contributed by atoms with Crippen molar-refractivity contribution in [2.24, 2.45) is 7.05 Å². The molecule has 0 aliphatic rings. The molecular weight excluding hydrogens is 230 g/mol. The van der Waals surface area contributed by atoms with Crippen molar-refractivity contribution >= 4 is 11.7 Å². The predicted octanol–water partition coefficient (Wildman–Crippen LogP) is 2.29. The standard InChI is InChI=1S/C13H15N3O2/c1-9(11-7-14-16(2)8-11)15-12-5-3-10(4-6-12)13(17)18/h3-9,15H,1-2H3,(H,17,18). The number of hydrogen-bond acceptors (Lipinski definition) is 3. The van der Waals surface area contributed by atoms with Crippen molar-refractivity contribution < 1.29 is 9.90 Å². The number of aryl methyl sites for hydroxylation is 1. The van der Waals surface area contributed by atoms with Gasteiger partial charge in [0.05, 0.1) is 17.8 Å². The molecule has 1 heterocycles. The zero-order valence-electron chi connectivity index (χ0n) is 10.3. The number of anilines is 1. The molecule has 0 radical (unpaired) electrons. The van der Waals surface area contributed by atoms with Crippen molar-refractivity contribution in [1.29, 1.82) is 0 Å². The molecule has 5 nitrogen and oxygen atoms in total. The van der Waals surface area contributed by atoms with Gasteiger partial charge in [0, 0.05) is 24.5 Å². The first kappa shape index (κ1) is 12.2. The fraction of sp³-hybridized carbons (Fsp3) is 0.231. The van der Waals surface area contributed by atoms with Crippen LogP contribution in [0.4, 0.5) is 5.69 Å². The largest absolute Gasteiger partial charge is 0.478 e. The number of carboxylic acid groups (broad SMARTS) is 1. The molecule has 0 bridgehead atoms. The first-order valence-electron chi connectivity index (χ1n) is 5.64. The third kappa shape index (κ3) is 2.68. The van der Waals surface area contributed by atoms with E-state index in [1.54, 1.807) is 28.9 Å². The number of aromatic nitrogens is 2. The quantitative estimate of drug-likeness (QED) is 0.867. The Morgan fingerprint density at radius 3 is 2.56 bits per heavy atom. The maximum atomic E-state index is 10.7. The molecule has 2 rings (SSSR count). The summed E-state index contributed by atoms with van der Waals surface area (Å²) < 4.78 is 1.75. The summed E-state index contributed by atoms with van der Waals surface area (Å²) in [4.78, 5) is 10.7. The summed E-state index contributed by atoms with van der Waals surface area (Å²) in [5.74, 6) is -0.915. The van der Waals surface area contributed by atoms with Crippen LogP contribution >= 0.6 is 0 Å². The van der Waals surface area contributed by atoms with E-state index in [9.17, 15) is 4.79 Å². The van der Waals surface area contributed by atoms with Gasteiger partial charge in [-0.1, -0.05) is 0 Å². The first-order chi connectivity index (χ1) is 8.56. The maximum absolute atomic E-state index is 10.7. The van der Waals surface area contributed by atoms with Crippen LogP contribution in [0.15, 0.2) is 36.7 Å². The highest BCUT2D eigenvalue weighted by Gasteiger charge is 2.08. The number of hydrogen-bond donors (Lipinski definition) is 2. The molecule has 0 aliphatic heterocycles. The van der Waals surface area contributed by atoms with Gasteiger partial charge in [0.2, 0.25) is 0 Å². The molecule has 5 heteroatoms. The zero-order valence-corrected chi connectivity index (χ0v) is 10.3. The van der Waals surface area contributed by atoms with Gasteiger partial charge >= 0.3 is 5.97 Å². The number of rotatable bonds is 4. The topological polar surface area (TPSA) is 67.2 Å². The van der Waals surface area contributed by atoms with E-state index >= 15 is 0 Å². The lowest BCUT2D eigenvalue weighted by molar-refractivity contribution is 0.0697. The van der Waals surface area contributed by atoms with Gasteiger partial charge in [-0.25, -0.2) is 4.79 Å². The summed E-state index contributed by atoms with van der Waals surface area (Å²) in [7, 11) is 1.87. The van der Waals surface area contributed by atoms with E-state index in [2.05, 4.69) is 10.4 Å². The minimum absolute atomic E-state index is 0.120. The monoisotopic (exact) mass is 245 g/mol. The molecule has 0 saturated heterocycles. The van der Waals surface area contributed by atoms with Crippen LogP contribution in [-0.2, 0) is 7.05 Å². The lowest BCUT2D eigenvalue weighted by Crippen LogP contribution is -2.06. The summed E-state index contributed by atoms with van der Waals surface area (Å²) in [6.07, 6.45) is 3.76. The molecule has 0 saturated carbocycles. The van der Waals surface area contributed by atoms with Crippen molar-refractivity contribution in [2.45, 2.75) is 13.0 Å². The third-order valence-corrected chi connectivity index (χ3v) is 2.74. The molecule has 1 atom stereocenters. The molecule has 0 fully saturated rings. The van der Waals surface area contributed by atoms with Gasteiger partial charge in [0.15, 0.2) is 0 Å². The van der Waals surface area contributed by atoms with Crippen molar-refractivity contribution in [3.63, 3.8) is 0 Å². The highest BCUT2D eigenvalue weighted by Crippen LogP contribution is 2.18. The number of benzene rings is 1. The Balaban J connectivity index is 2.07. The minimum Gasteiger partial charge on any atom is -0.478 e. The smallest absolute Gasteiger partial charge is 0.335 e. The Morgan fingerprint density at radius 1 is 1.39 bits per heavy atom. The van der Waals surface area contributed by atoms with Gasteiger partial charge in [-0.15, -0.1) is 0 Å². The van der Waals surface area contributed by atoms with Crippen LogP contribution < -0.4 is 5.32 Å². The normalized spacial score (nSPS) is 12.1. The van der Waals surface area contributed by atoms with Crippen molar-refractivity contribution in [1.82, 2.24) is 9.78 Å². The van der Waals surface area contributed by atoms with Crippen LogP contribution in [0.25, 0.3) is 0 Å². The van der Waals surface area contributed by atoms with Gasteiger partial charge in [0.1, 0.15) is 0 Å². The Bertz CT molecular complexity index is 546.